The van der Waals surface area contributed by atoms with Crippen LogP contribution in [0.2, 0.25) is 0 Å². The summed E-state index contributed by atoms with van der Waals surface area (Å²) in [6.07, 6.45) is 16.6. The Balaban J connectivity index is 1.58. The number of hydroxylamine groups is 1. The van der Waals surface area contributed by atoms with Gasteiger partial charge in [0.15, 0.2) is 24.3 Å². The lowest BCUT2D eigenvalue weighted by Crippen LogP contribution is -2.41. The van der Waals surface area contributed by atoms with Gasteiger partial charge in [-0.2, -0.15) is 0 Å². The number of allylic oxidation sites excluding steroid dienone is 10. The van der Waals surface area contributed by atoms with Gasteiger partial charge in [-0.1, -0.05) is 55.4 Å². The molecule has 206 valence electrons. The molecule has 0 aromatic carbocycles. The first-order valence-corrected chi connectivity index (χ1v) is 13.5. The molecule has 0 bridgehead atoms. The Labute approximate surface area is 224 Å². The van der Waals surface area contributed by atoms with Gasteiger partial charge in [-0.05, 0) is 84.3 Å². The number of ether oxygens (including phenoxy) is 4. The van der Waals surface area contributed by atoms with Crippen molar-refractivity contribution in [1.29, 1.82) is 0 Å². The first kappa shape index (κ1) is 29.6. The van der Waals surface area contributed by atoms with Crippen LogP contribution >= 0.6 is 0 Å². The normalized spacial score (nSPS) is 30.7. The highest BCUT2D eigenvalue weighted by Gasteiger charge is 2.50. The molecular formula is C31H47NO5. The second-order valence-corrected chi connectivity index (χ2v) is 12.2. The van der Waals surface area contributed by atoms with Crippen molar-refractivity contribution in [3.8, 4) is 0 Å². The predicted molar refractivity (Wildman–Crippen MR) is 149 cm³/mol. The van der Waals surface area contributed by atoms with Crippen molar-refractivity contribution in [2.45, 2.75) is 111 Å². The molecule has 37 heavy (non-hydrogen) atoms. The van der Waals surface area contributed by atoms with Crippen molar-refractivity contribution in [1.82, 2.24) is 0 Å². The highest BCUT2D eigenvalue weighted by atomic mass is 16.8. The molecule has 3 aliphatic rings. The maximum absolute atomic E-state index is 12.7. The van der Waals surface area contributed by atoms with Crippen LogP contribution < -0.4 is 0 Å². The zero-order chi connectivity index (χ0) is 27.4. The van der Waals surface area contributed by atoms with Crippen LogP contribution in [-0.2, 0) is 18.9 Å². The SMILES string of the molecule is CC1=C(/C=C/C(C)=C/C=C/C(C)=C/C=[N+](\[O-])C[C@H]2OC(C)(C)O[C@@H]2[C@H]2COC(C)(C)O2)C(C)(C)CCC1. The molecule has 2 aliphatic heterocycles. The topological polar surface area (TPSA) is 63.0 Å². The summed E-state index contributed by atoms with van der Waals surface area (Å²) in [4.78, 5) is 0. The van der Waals surface area contributed by atoms with Crippen molar-refractivity contribution in [3.05, 3.63) is 64.0 Å². The van der Waals surface area contributed by atoms with E-state index in [2.05, 4.69) is 45.9 Å². The molecule has 3 rings (SSSR count). The molecule has 6 heteroatoms. The second-order valence-electron chi connectivity index (χ2n) is 12.2. The molecule has 6 nitrogen and oxygen atoms in total. The van der Waals surface area contributed by atoms with Crippen LogP contribution in [0.1, 0.15) is 81.6 Å². The lowest BCUT2D eigenvalue weighted by Gasteiger charge is -2.32. The van der Waals surface area contributed by atoms with Crippen LogP contribution in [0.15, 0.2) is 58.7 Å². The third-order valence-corrected chi connectivity index (χ3v) is 7.26. The molecule has 0 aromatic rings. The summed E-state index contributed by atoms with van der Waals surface area (Å²) in [5, 5.41) is 12.7. The van der Waals surface area contributed by atoms with Gasteiger partial charge in [0, 0.05) is 6.08 Å². The van der Waals surface area contributed by atoms with E-state index in [1.54, 1.807) is 0 Å². The third-order valence-electron chi connectivity index (χ3n) is 7.26. The van der Waals surface area contributed by atoms with Crippen LogP contribution in [0.5, 0.6) is 0 Å². The average molecular weight is 514 g/mol. The smallest absolute Gasteiger partial charge is 0.182 e. The molecule has 0 N–H and O–H groups in total. The largest absolute Gasteiger partial charge is 0.624 e. The summed E-state index contributed by atoms with van der Waals surface area (Å²) in [5.74, 6) is -1.44. The molecule has 0 radical (unpaired) electrons. The zero-order valence-electron chi connectivity index (χ0n) is 24.3. The van der Waals surface area contributed by atoms with E-state index < -0.39 is 17.7 Å². The Bertz CT molecular complexity index is 1010. The monoisotopic (exact) mass is 513 g/mol. The minimum atomic E-state index is -0.776. The Morgan fingerprint density at radius 2 is 1.68 bits per heavy atom. The van der Waals surface area contributed by atoms with Crippen molar-refractivity contribution < 1.29 is 23.7 Å². The van der Waals surface area contributed by atoms with Gasteiger partial charge in [-0.3, -0.25) is 0 Å². The highest BCUT2D eigenvalue weighted by Crippen LogP contribution is 2.41. The lowest BCUT2D eigenvalue weighted by atomic mass is 9.72. The fourth-order valence-corrected chi connectivity index (χ4v) is 5.32. The Morgan fingerprint density at radius 1 is 0.973 bits per heavy atom. The summed E-state index contributed by atoms with van der Waals surface area (Å²) in [7, 11) is 0. The van der Waals surface area contributed by atoms with Crippen LogP contribution in [0.25, 0.3) is 0 Å². The van der Waals surface area contributed by atoms with Crippen LogP contribution in [-0.4, -0.2) is 54.0 Å². The van der Waals surface area contributed by atoms with E-state index in [9.17, 15) is 5.21 Å². The lowest BCUT2D eigenvalue weighted by molar-refractivity contribution is -0.465. The van der Waals surface area contributed by atoms with Gasteiger partial charge in [0.2, 0.25) is 0 Å². The van der Waals surface area contributed by atoms with Gasteiger partial charge < -0.3 is 24.2 Å². The first-order chi connectivity index (χ1) is 17.2. The Kier molecular flexibility index (Phi) is 9.44. The molecular weight excluding hydrogens is 466 g/mol. The van der Waals surface area contributed by atoms with Gasteiger partial charge in [-0.25, -0.2) is 4.74 Å². The maximum atomic E-state index is 12.7. The summed E-state index contributed by atoms with van der Waals surface area (Å²) < 4.78 is 24.7. The van der Waals surface area contributed by atoms with E-state index in [-0.39, 0.29) is 24.2 Å². The second kappa shape index (κ2) is 11.8. The van der Waals surface area contributed by atoms with Crippen LogP contribution in [0, 0.1) is 10.6 Å². The zero-order valence-corrected chi connectivity index (χ0v) is 24.3. The minimum absolute atomic E-state index is 0.150. The van der Waals surface area contributed by atoms with Gasteiger partial charge >= 0.3 is 0 Å². The van der Waals surface area contributed by atoms with Crippen molar-refractivity contribution >= 4 is 6.21 Å². The summed E-state index contributed by atoms with van der Waals surface area (Å²) >= 11 is 0. The molecule has 0 unspecified atom stereocenters. The van der Waals surface area contributed by atoms with Crippen LogP contribution in [0.3, 0.4) is 0 Å². The molecule has 0 saturated carbocycles. The number of nitrogens with zero attached hydrogens (tertiary/aromatic N) is 1. The van der Waals surface area contributed by atoms with Gasteiger partial charge in [0.1, 0.15) is 18.3 Å². The minimum Gasteiger partial charge on any atom is -0.624 e. The Morgan fingerprint density at radius 3 is 2.32 bits per heavy atom. The van der Waals surface area contributed by atoms with E-state index in [1.165, 1.54) is 42.2 Å². The van der Waals surface area contributed by atoms with E-state index in [1.807, 2.05) is 52.8 Å². The van der Waals surface area contributed by atoms with Gasteiger partial charge in [0.25, 0.3) is 0 Å². The van der Waals surface area contributed by atoms with Crippen molar-refractivity contribution in [2.24, 2.45) is 5.41 Å². The molecule has 0 spiro atoms. The van der Waals surface area contributed by atoms with E-state index in [0.29, 0.717) is 6.61 Å². The number of hydrogen-bond acceptors (Lipinski definition) is 5. The molecule has 2 saturated heterocycles. The highest BCUT2D eigenvalue weighted by molar-refractivity contribution is 5.68. The molecule has 0 aromatic heterocycles. The van der Waals surface area contributed by atoms with Gasteiger partial charge in [-0.15, -0.1) is 0 Å². The first-order valence-electron chi connectivity index (χ1n) is 13.5. The molecule has 1 aliphatic carbocycles. The van der Waals surface area contributed by atoms with Gasteiger partial charge in [0.05, 0.1) is 6.61 Å². The predicted octanol–water partition coefficient (Wildman–Crippen LogP) is 6.77. The third kappa shape index (κ3) is 8.51. The molecule has 3 atom stereocenters. The molecule has 2 fully saturated rings. The summed E-state index contributed by atoms with van der Waals surface area (Å²) in [5.41, 5.74) is 5.39. The summed E-state index contributed by atoms with van der Waals surface area (Å²) in [6.45, 7) is 19.0. The number of hydrogen-bond donors (Lipinski definition) is 0. The standard InChI is InChI=1S/C31H47NO5/c1-22(15-16-25-24(3)14-11-18-29(25,4)5)12-10-13-23(2)17-19-32(33)20-26-28(37-31(8,9)35-26)27-21-34-30(6,7)36-27/h10,12-13,15-17,19,26-28H,11,14,18,20-21H2,1-9H3/b13-10+,16-15+,22-12+,23-17+,32-19-/t26-,27-,28+/m1/s1. The quantitative estimate of drug-likeness (QED) is 0.118. The van der Waals surface area contributed by atoms with Crippen molar-refractivity contribution in [3.63, 3.8) is 0 Å². The van der Waals surface area contributed by atoms with E-state index >= 15 is 0 Å². The maximum Gasteiger partial charge on any atom is 0.182 e. The average Bonchev–Trinajstić information content (AvgIpc) is 3.28. The fourth-order valence-electron chi connectivity index (χ4n) is 5.32. The van der Waals surface area contributed by atoms with E-state index in [0.717, 1.165) is 10.3 Å². The summed E-state index contributed by atoms with van der Waals surface area (Å²) in [6, 6.07) is 0. The van der Waals surface area contributed by atoms with Crippen molar-refractivity contribution in [2.75, 3.05) is 13.2 Å². The van der Waals surface area contributed by atoms with Crippen LogP contribution in [0.4, 0.5) is 0 Å². The molecule has 2 heterocycles. The van der Waals surface area contributed by atoms with E-state index in [4.69, 9.17) is 18.9 Å². The Hall–Kier alpha value is -1.99. The number of rotatable bonds is 8. The fraction of sp³-hybridized carbons (Fsp3) is 0.645. The molecule has 0 amide bonds.